The predicted molar refractivity (Wildman–Crippen MR) is 114 cm³/mol. The van der Waals surface area contributed by atoms with E-state index < -0.39 is 0 Å². The van der Waals surface area contributed by atoms with Crippen molar-refractivity contribution < 1.29 is 9.21 Å². The van der Waals surface area contributed by atoms with Gasteiger partial charge < -0.3 is 14.2 Å². The minimum atomic E-state index is -0.0550. The van der Waals surface area contributed by atoms with Gasteiger partial charge in [-0.25, -0.2) is 9.97 Å². The molecule has 5 rings (SSSR count). The Morgan fingerprint density at radius 3 is 2.55 bits per heavy atom. The Hall–Kier alpha value is -3.19. The molecule has 1 aliphatic rings. The van der Waals surface area contributed by atoms with Crippen LogP contribution in [-0.2, 0) is 0 Å². The molecule has 0 aliphatic carbocycles. The molecule has 6 nitrogen and oxygen atoms in total. The van der Waals surface area contributed by atoms with Crippen molar-refractivity contribution in [3.8, 4) is 10.4 Å². The lowest BCUT2D eigenvalue weighted by molar-refractivity contribution is 0.0714. The van der Waals surface area contributed by atoms with E-state index in [1.54, 1.807) is 23.5 Å². The third-order valence-corrected chi connectivity index (χ3v) is 6.22. The summed E-state index contributed by atoms with van der Waals surface area (Å²) >= 11 is 1.69. The first-order chi connectivity index (χ1) is 14.2. The molecule has 4 heterocycles. The summed E-state index contributed by atoms with van der Waals surface area (Å²) in [6, 6.07) is 16.0. The number of fused-ring (bicyclic) bond motifs is 1. The molecular formula is C22H20N4O2S. The molecule has 0 bridgehead atoms. The summed E-state index contributed by atoms with van der Waals surface area (Å²) in [4.78, 5) is 28.2. The SMILES string of the molecule is Cc1nc(N2CCN(C(=O)c3ccco3)CC2)c2cc(-c3ccccc3)sc2n1. The Morgan fingerprint density at radius 1 is 1.03 bits per heavy atom. The van der Waals surface area contributed by atoms with Crippen molar-refractivity contribution in [1.29, 1.82) is 0 Å². The van der Waals surface area contributed by atoms with Crippen molar-refractivity contribution in [3.05, 3.63) is 66.4 Å². The first-order valence-electron chi connectivity index (χ1n) is 9.60. The molecule has 0 saturated carbocycles. The van der Waals surface area contributed by atoms with E-state index in [9.17, 15) is 4.79 Å². The highest BCUT2D eigenvalue weighted by atomic mass is 32.1. The highest BCUT2D eigenvalue weighted by Crippen LogP contribution is 2.36. The number of rotatable bonds is 3. The van der Waals surface area contributed by atoms with Crippen LogP contribution in [0.3, 0.4) is 0 Å². The summed E-state index contributed by atoms with van der Waals surface area (Å²) in [6.07, 6.45) is 1.53. The number of amides is 1. The number of hydrogen-bond donors (Lipinski definition) is 0. The monoisotopic (exact) mass is 404 g/mol. The summed E-state index contributed by atoms with van der Waals surface area (Å²) in [5.74, 6) is 2.06. The number of carbonyl (C=O) groups excluding carboxylic acids is 1. The van der Waals surface area contributed by atoms with Crippen LogP contribution in [0.25, 0.3) is 20.7 Å². The second-order valence-corrected chi connectivity index (χ2v) is 8.08. The summed E-state index contributed by atoms with van der Waals surface area (Å²) in [6.45, 7) is 4.67. The van der Waals surface area contributed by atoms with Crippen LogP contribution >= 0.6 is 11.3 Å². The summed E-state index contributed by atoms with van der Waals surface area (Å²) in [7, 11) is 0. The number of aromatic nitrogens is 2. The maximum absolute atomic E-state index is 12.5. The number of furan rings is 1. The largest absolute Gasteiger partial charge is 0.459 e. The highest BCUT2D eigenvalue weighted by Gasteiger charge is 2.26. The highest BCUT2D eigenvalue weighted by molar-refractivity contribution is 7.21. The fourth-order valence-corrected chi connectivity index (χ4v) is 4.75. The number of piperazine rings is 1. The molecule has 3 aromatic heterocycles. The van der Waals surface area contributed by atoms with E-state index >= 15 is 0 Å². The minimum absolute atomic E-state index is 0.0550. The lowest BCUT2D eigenvalue weighted by Gasteiger charge is -2.35. The van der Waals surface area contributed by atoms with Crippen molar-refractivity contribution in [2.75, 3.05) is 31.1 Å². The number of aryl methyl sites for hydroxylation is 1. The van der Waals surface area contributed by atoms with Gasteiger partial charge in [-0.05, 0) is 30.7 Å². The third-order valence-electron chi connectivity index (χ3n) is 5.14. The zero-order valence-electron chi connectivity index (χ0n) is 16.0. The van der Waals surface area contributed by atoms with Crippen LogP contribution < -0.4 is 4.90 Å². The Kier molecular flexibility index (Phi) is 4.52. The smallest absolute Gasteiger partial charge is 0.289 e. The van der Waals surface area contributed by atoms with Crippen molar-refractivity contribution in [1.82, 2.24) is 14.9 Å². The predicted octanol–water partition coefficient (Wildman–Crippen LogP) is 4.22. The molecule has 1 aliphatic heterocycles. The van der Waals surface area contributed by atoms with Crippen LogP contribution in [0.4, 0.5) is 5.82 Å². The second kappa shape index (κ2) is 7.33. The van der Waals surface area contributed by atoms with Crippen LogP contribution in [0.15, 0.2) is 59.2 Å². The van der Waals surface area contributed by atoms with E-state index in [0.29, 0.717) is 18.8 Å². The molecule has 0 atom stereocenters. The average Bonchev–Trinajstić information content (AvgIpc) is 3.43. The van der Waals surface area contributed by atoms with Gasteiger partial charge in [0.1, 0.15) is 16.5 Å². The minimum Gasteiger partial charge on any atom is -0.459 e. The van der Waals surface area contributed by atoms with Gasteiger partial charge in [0.2, 0.25) is 0 Å². The van der Waals surface area contributed by atoms with Crippen LogP contribution in [0.1, 0.15) is 16.4 Å². The van der Waals surface area contributed by atoms with Gasteiger partial charge in [-0.3, -0.25) is 4.79 Å². The molecule has 29 heavy (non-hydrogen) atoms. The van der Waals surface area contributed by atoms with Crippen molar-refractivity contribution in [2.45, 2.75) is 6.92 Å². The van der Waals surface area contributed by atoms with E-state index in [1.807, 2.05) is 30.0 Å². The molecule has 7 heteroatoms. The summed E-state index contributed by atoms with van der Waals surface area (Å²) < 4.78 is 5.25. The lowest BCUT2D eigenvalue weighted by atomic mass is 10.2. The molecular weight excluding hydrogens is 384 g/mol. The van der Waals surface area contributed by atoms with E-state index in [4.69, 9.17) is 9.40 Å². The van der Waals surface area contributed by atoms with E-state index in [1.165, 1.54) is 16.7 Å². The van der Waals surface area contributed by atoms with Crippen LogP contribution in [0.2, 0.25) is 0 Å². The second-order valence-electron chi connectivity index (χ2n) is 7.05. The zero-order valence-corrected chi connectivity index (χ0v) is 16.9. The normalized spacial score (nSPS) is 14.5. The lowest BCUT2D eigenvalue weighted by Crippen LogP contribution is -2.49. The molecule has 0 spiro atoms. The first kappa shape index (κ1) is 17.9. The van der Waals surface area contributed by atoms with Gasteiger partial charge >= 0.3 is 0 Å². The molecule has 1 amide bonds. The first-order valence-corrected chi connectivity index (χ1v) is 10.4. The van der Waals surface area contributed by atoms with Gasteiger partial charge in [0, 0.05) is 31.1 Å². The van der Waals surface area contributed by atoms with Crippen LogP contribution in [-0.4, -0.2) is 47.0 Å². The maximum Gasteiger partial charge on any atom is 0.289 e. The Morgan fingerprint density at radius 2 is 1.83 bits per heavy atom. The average molecular weight is 404 g/mol. The third kappa shape index (κ3) is 3.38. The van der Waals surface area contributed by atoms with Gasteiger partial charge in [-0.2, -0.15) is 0 Å². The molecule has 0 unspecified atom stereocenters. The Bertz CT molecular complexity index is 1150. The van der Waals surface area contributed by atoms with Gasteiger partial charge in [0.05, 0.1) is 11.6 Å². The number of carbonyl (C=O) groups is 1. The number of nitrogens with zero attached hydrogens (tertiary/aromatic N) is 4. The molecule has 1 aromatic carbocycles. The zero-order chi connectivity index (χ0) is 19.8. The Labute approximate surface area is 172 Å². The molecule has 4 aromatic rings. The molecule has 1 fully saturated rings. The number of thiophene rings is 1. The van der Waals surface area contributed by atoms with E-state index in [0.717, 1.165) is 34.9 Å². The summed E-state index contributed by atoms with van der Waals surface area (Å²) in [5.41, 5.74) is 1.19. The van der Waals surface area contributed by atoms with Crippen molar-refractivity contribution >= 4 is 33.3 Å². The fourth-order valence-electron chi connectivity index (χ4n) is 3.67. The standard InChI is InChI=1S/C22H20N4O2S/c1-15-23-20(17-14-19(29-21(17)24-15)16-6-3-2-4-7-16)25-9-11-26(12-10-25)22(27)18-8-5-13-28-18/h2-8,13-14H,9-12H2,1H3. The fraction of sp³-hybridized carbons (Fsp3) is 0.227. The van der Waals surface area contributed by atoms with E-state index in [-0.39, 0.29) is 5.91 Å². The molecule has 146 valence electrons. The van der Waals surface area contributed by atoms with Gasteiger partial charge in [-0.1, -0.05) is 30.3 Å². The van der Waals surface area contributed by atoms with Crippen LogP contribution in [0, 0.1) is 6.92 Å². The molecule has 1 saturated heterocycles. The van der Waals surface area contributed by atoms with Gasteiger partial charge in [-0.15, -0.1) is 11.3 Å². The molecule has 0 N–H and O–H groups in total. The topological polar surface area (TPSA) is 62.5 Å². The number of benzene rings is 1. The molecule has 0 radical (unpaired) electrons. The number of anilines is 1. The summed E-state index contributed by atoms with van der Waals surface area (Å²) in [5, 5.41) is 1.07. The van der Waals surface area contributed by atoms with Crippen molar-refractivity contribution in [2.24, 2.45) is 0 Å². The van der Waals surface area contributed by atoms with Crippen LogP contribution in [0.5, 0.6) is 0 Å². The van der Waals surface area contributed by atoms with Gasteiger partial charge in [0.25, 0.3) is 5.91 Å². The quantitative estimate of drug-likeness (QED) is 0.512. The van der Waals surface area contributed by atoms with E-state index in [2.05, 4.69) is 28.1 Å². The van der Waals surface area contributed by atoms with Gasteiger partial charge in [0.15, 0.2) is 5.76 Å². The van der Waals surface area contributed by atoms with Crippen molar-refractivity contribution in [3.63, 3.8) is 0 Å². The number of hydrogen-bond acceptors (Lipinski definition) is 6. The Balaban J connectivity index is 1.42. The maximum atomic E-state index is 12.5.